The van der Waals surface area contributed by atoms with Crippen molar-refractivity contribution in [3.05, 3.63) is 0 Å². The van der Waals surface area contributed by atoms with Crippen LogP contribution in [0.4, 0.5) is 0 Å². The maximum absolute atomic E-state index is 8.74. The fourth-order valence-corrected chi connectivity index (χ4v) is 0. The molecule has 14 heteroatoms. The zero-order valence-electron chi connectivity index (χ0n) is 6.62. The average molecular weight is 290 g/mol. The first-order valence-electron chi connectivity index (χ1n) is 0.698. The SMILES string of the molecule is O.O.O.O.O.O.O.O.O=S(=O)(O)O.[Ti]. The van der Waals surface area contributed by atoms with Crippen LogP contribution in [-0.2, 0) is 32.1 Å². The Hall–Kier alpha value is 0.264. The van der Waals surface area contributed by atoms with Crippen molar-refractivity contribution in [3.63, 3.8) is 0 Å². The second-order valence-corrected chi connectivity index (χ2v) is 1.34. The van der Waals surface area contributed by atoms with Crippen LogP contribution < -0.4 is 0 Å². The van der Waals surface area contributed by atoms with Crippen LogP contribution >= 0.6 is 0 Å². The summed E-state index contributed by atoms with van der Waals surface area (Å²) in [6.45, 7) is 0. The van der Waals surface area contributed by atoms with Gasteiger partial charge in [-0.15, -0.1) is 0 Å². The standard InChI is InChI=1S/H2O4S.8H2O.Ti/c1-5(2,3)4;;;;;;;;;/h(H2,1,2,3,4);8*1H2;. The molecule has 0 fully saturated rings. The predicted octanol–water partition coefficient (Wildman–Crippen LogP) is -7.25. The third-order valence-corrected chi connectivity index (χ3v) is 0. The van der Waals surface area contributed by atoms with Crippen LogP contribution in [0, 0.1) is 0 Å². The molecule has 0 amide bonds. The van der Waals surface area contributed by atoms with Crippen LogP contribution in [0.1, 0.15) is 0 Å². The van der Waals surface area contributed by atoms with E-state index < -0.39 is 10.4 Å². The summed E-state index contributed by atoms with van der Waals surface area (Å²) >= 11 is 0. The van der Waals surface area contributed by atoms with Gasteiger partial charge < -0.3 is 43.8 Å². The Labute approximate surface area is 93.9 Å². The second-order valence-electron chi connectivity index (χ2n) is 0.448. The van der Waals surface area contributed by atoms with Gasteiger partial charge in [0, 0.05) is 21.7 Å². The first-order valence-corrected chi connectivity index (χ1v) is 2.10. The molecule has 0 radical (unpaired) electrons. The van der Waals surface area contributed by atoms with Gasteiger partial charge in [-0.2, -0.15) is 8.42 Å². The molecule has 0 heterocycles. The van der Waals surface area contributed by atoms with Crippen LogP contribution in [-0.4, -0.2) is 61.3 Å². The smallest absolute Gasteiger partial charge is 0.394 e. The van der Waals surface area contributed by atoms with Gasteiger partial charge in [0.05, 0.1) is 0 Å². The van der Waals surface area contributed by atoms with Crippen LogP contribution in [0.15, 0.2) is 0 Å². The van der Waals surface area contributed by atoms with Gasteiger partial charge in [-0.05, 0) is 0 Å². The van der Waals surface area contributed by atoms with Gasteiger partial charge in [0.2, 0.25) is 0 Å². The van der Waals surface area contributed by atoms with Gasteiger partial charge in [-0.25, -0.2) is 0 Å². The third-order valence-electron chi connectivity index (χ3n) is 0. The van der Waals surface area contributed by atoms with Crippen molar-refractivity contribution in [1.82, 2.24) is 0 Å². The minimum atomic E-state index is -4.67. The van der Waals surface area contributed by atoms with E-state index in [0.717, 1.165) is 0 Å². The molecule has 100 valence electrons. The molecule has 0 rings (SSSR count). The monoisotopic (exact) mass is 290 g/mol. The summed E-state index contributed by atoms with van der Waals surface area (Å²) in [6.07, 6.45) is 0. The number of hydrogen-bond acceptors (Lipinski definition) is 2. The first-order chi connectivity index (χ1) is 2.00. The van der Waals surface area contributed by atoms with E-state index in [1.807, 2.05) is 0 Å². The molecule has 0 aromatic carbocycles. The van der Waals surface area contributed by atoms with Crippen LogP contribution in [0.25, 0.3) is 0 Å². The molecule has 18 N–H and O–H groups in total. The molecule has 0 saturated carbocycles. The van der Waals surface area contributed by atoms with E-state index in [2.05, 4.69) is 0 Å². The van der Waals surface area contributed by atoms with E-state index in [1.165, 1.54) is 0 Å². The zero-order valence-corrected chi connectivity index (χ0v) is 9.00. The quantitative estimate of drug-likeness (QED) is 0.323. The second kappa shape index (κ2) is 50.8. The maximum Gasteiger partial charge on any atom is 0.394 e. The van der Waals surface area contributed by atoms with Crippen molar-refractivity contribution < 1.29 is 83.1 Å². The fourth-order valence-electron chi connectivity index (χ4n) is 0. The van der Waals surface area contributed by atoms with Crippen molar-refractivity contribution >= 4 is 10.4 Å². The minimum absolute atomic E-state index is 0. The Kier molecular flexibility index (Phi) is 501. The molecule has 14 heavy (non-hydrogen) atoms. The predicted molar refractivity (Wildman–Crippen MR) is 43.1 cm³/mol. The summed E-state index contributed by atoms with van der Waals surface area (Å²) in [5.41, 5.74) is 0. The summed E-state index contributed by atoms with van der Waals surface area (Å²) in [4.78, 5) is 0. The van der Waals surface area contributed by atoms with Crippen molar-refractivity contribution in [2.24, 2.45) is 0 Å². The summed E-state index contributed by atoms with van der Waals surface area (Å²) in [7, 11) is -4.67. The Bertz CT molecular complexity index is 93.5. The molecule has 0 saturated heterocycles. The molecular weight excluding hydrogens is 272 g/mol. The number of rotatable bonds is 0. The Morgan fingerprint density at radius 3 is 0.571 bits per heavy atom. The summed E-state index contributed by atoms with van der Waals surface area (Å²) in [5, 5.41) is 0. The van der Waals surface area contributed by atoms with Crippen molar-refractivity contribution in [2.75, 3.05) is 0 Å². The van der Waals surface area contributed by atoms with Crippen molar-refractivity contribution in [1.29, 1.82) is 0 Å². The minimum Gasteiger partial charge on any atom is -0.412 e. The third kappa shape index (κ3) is 22300. The Balaban J connectivity index is -0.00000000222. The van der Waals surface area contributed by atoms with Crippen molar-refractivity contribution in [3.8, 4) is 0 Å². The zero-order chi connectivity index (χ0) is 4.50. The molecule has 12 nitrogen and oxygen atoms in total. The Morgan fingerprint density at radius 2 is 0.571 bits per heavy atom. The van der Waals surface area contributed by atoms with Gasteiger partial charge in [-0.1, -0.05) is 0 Å². The summed E-state index contributed by atoms with van der Waals surface area (Å²) < 4.78 is 31.6. The average Bonchev–Trinajstić information content (AvgIpc) is 0.722. The largest absolute Gasteiger partial charge is 0.412 e. The van der Waals surface area contributed by atoms with Crippen LogP contribution in [0.2, 0.25) is 0 Å². The molecule has 0 aliphatic rings. The van der Waals surface area contributed by atoms with Crippen LogP contribution in [0.5, 0.6) is 0 Å². The summed E-state index contributed by atoms with van der Waals surface area (Å²) in [6, 6.07) is 0. The van der Waals surface area contributed by atoms with Gasteiger partial charge in [0.25, 0.3) is 0 Å². The molecular formula is H18O12STi. The molecule has 0 spiro atoms. The molecule has 0 aliphatic carbocycles. The molecule has 0 aromatic rings. The molecule has 0 atom stereocenters. The summed E-state index contributed by atoms with van der Waals surface area (Å²) in [5.74, 6) is 0. The molecule has 0 unspecified atom stereocenters. The van der Waals surface area contributed by atoms with E-state index in [9.17, 15) is 0 Å². The van der Waals surface area contributed by atoms with E-state index in [1.54, 1.807) is 0 Å². The van der Waals surface area contributed by atoms with E-state index >= 15 is 0 Å². The van der Waals surface area contributed by atoms with Crippen molar-refractivity contribution in [2.45, 2.75) is 0 Å². The van der Waals surface area contributed by atoms with Gasteiger partial charge in [0.1, 0.15) is 0 Å². The normalized spacial score (nSPS) is 4.14. The molecule has 0 bridgehead atoms. The van der Waals surface area contributed by atoms with E-state index in [0.29, 0.717) is 0 Å². The van der Waals surface area contributed by atoms with E-state index in [4.69, 9.17) is 17.5 Å². The molecule has 0 aliphatic heterocycles. The van der Waals surface area contributed by atoms with Crippen LogP contribution in [0.3, 0.4) is 0 Å². The maximum atomic E-state index is 8.74. The van der Waals surface area contributed by atoms with E-state index in [-0.39, 0.29) is 65.5 Å². The molecule has 0 aromatic heterocycles. The first kappa shape index (κ1) is 138. The fraction of sp³-hybridized carbons (Fsp3) is 0. The van der Waals surface area contributed by atoms with Gasteiger partial charge in [0.15, 0.2) is 0 Å². The van der Waals surface area contributed by atoms with Gasteiger partial charge in [-0.3, -0.25) is 9.11 Å². The topological polar surface area (TPSA) is 327 Å². The van der Waals surface area contributed by atoms with Gasteiger partial charge >= 0.3 is 10.4 Å². The number of hydrogen-bond donors (Lipinski definition) is 2. The Morgan fingerprint density at radius 1 is 0.571 bits per heavy atom.